The fourth-order valence-electron chi connectivity index (χ4n) is 4.01. The first-order valence-corrected chi connectivity index (χ1v) is 11.5. The van der Waals surface area contributed by atoms with Crippen molar-refractivity contribution >= 4 is 38.5 Å². The number of pyridine rings is 1. The van der Waals surface area contributed by atoms with Gasteiger partial charge in [0.1, 0.15) is 24.5 Å². The SMILES string of the molecule is Nc1cc(OCc2cncc(-n3cc(Br)c4c(N)ncnc43)c2)ccc1CN1CCNCC1. The van der Waals surface area contributed by atoms with Crippen molar-refractivity contribution in [3.63, 3.8) is 0 Å². The van der Waals surface area contributed by atoms with Crippen LogP contribution in [-0.4, -0.2) is 50.6 Å². The first-order chi connectivity index (χ1) is 16.1. The first-order valence-electron chi connectivity index (χ1n) is 10.7. The maximum atomic E-state index is 6.31. The highest BCUT2D eigenvalue weighted by molar-refractivity contribution is 9.10. The molecule has 0 bridgehead atoms. The van der Waals surface area contributed by atoms with E-state index in [9.17, 15) is 0 Å². The van der Waals surface area contributed by atoms with Gasteiger partial charge in [0.05, 0.1) is 17.3 Å². The number of hydrogen-bond donors (Lipinski definition) is 3. The molecular weight excluding hydrogens is 484 g/mol. The lowest BCUT2D eigenvalue weighted by atomic mass is 10.1. The summed E-state index contributed by atoms with van der Waals surface area (Å²) < 4.78 is 8.77. The molecule has 4 heterocycles. The van der Waals surface area contributed by atoms with Crippen molar-refractivity contribution in [2.45, 2.75) is 13.2 Å². The highest BCUT2D eigenvalue weighted by Gasteiger charge is 2.14. The maximum absolute atomic E-state index is 6.31. The number of ether oxygens (including phenoxy) is 1. The Balaban J connectivity index is 1.30. The molecule has 1 aliphatic rings. The molecule has 0 atom stereocenters. The van der Waals surface area contributed by atoms with E-state index in [-0.39, 0.29) is 0 Å². The van der Waals surface area contributed by atoms with Gasteiger partial charge in [0.2, 0.25) is 0 Å². The van der Waals surface area contributed by atoms with Crippen LogP contribution in [0.25, 0.3) is 16.7 Å². The highest BCUT2D eigenvalue weighted by Crippen LogP contribution is 2.30. The van der Waals surface area contributed by atoms with Crippen LogP contribution in [0.5, 0.6) is 5.75 Å². The molecule has 1 saturated heterocycles. The molecule has 3 aromatic heterocycles. The molecule has 170 valence electrons. The summed E-state index contributed by atoms with van der Waals surface area (Å²) in [5.74, 6) is 1.16. The summed E-state index contributed by atoms with van der Waals surface area (Å²) in [6, 6.07) is 7.93. The van der Waals surface area contributed by atoms with Crippen molar-refractivity contribution in [2.24, 2.45) is 0 Å². The van der Waals surface area contributed by atoms with Crippen molar-refractivity contribution in [3.05, 3.63) is 64.8 Å². The van der Waals surface area contributed by atoms with Crippen LogP contribution < -0.4 is 21.5 Å². The summed E-state index contributed by atoms with van der Waals surface area (Å²) in [5.41, 5.74) is 16.7. The molecule has 0 saturated carbocycles. The summed E-state index contributed by atoms with van der Waals surface area (Å²) in [5, 5.41) is 4.14. The third kappa shape index (κ3) is 4.63. The molecule has 33 heavy (non-hydrogen) atoms. The number of fused-ring (bicyclic) bond motifs is 1. The second kappa shape index (κ2) is 9.34. The van der Waals surface area contributed by atoms with Crippen molar-refractivity contribution < 1.29 is 4.74 Å². The van der Waals surface area contributed by atoms with E-state index in [4.69, 9.17) is 16.2 Å². The van der Waals surface area contributed by atoms with Crippen LogP contribution in [0.1, 0.15) is 11.1 Å². The van der Waals surface area contributed by atoms with E-state index in [0.29, 0.717) is 18.1 Å². The lowest BCUT2D eigenvalue weighted by molar-refractivity contribution is 0.233. The summed E-state index contributed by atoms with van der Waals surface area (Å²) >= 11 is 3.55. The normalized spacial score (nSPS) is 14.6. The van der Waals surface area contributed by atoms with Crippen LogP contribution in [0, 0.1) is 0 Å². The predicted molar refractivity (Wildman–Crippen MR) is 132 cm³/mol. The topological polar surface area (TPSA) is 120 Å². The Bertz CT molecular complexity index is 1280. The van der Waals surface area contributed by atoms with E-state index in [1.165, 1.54) is 6.33 Å². The number of anilines is 2. The minimum atomic E-state index is 0.370. The fourth-order valence-corrected chi connectivity index (χ4v) is 4.59. The molecule has 1 aromatic carbocycles. The van der Waals surface area contributed by atoms with E-state index in [1.807, 2.05) is 29.0 Å². The Kier molecular flexibility index (Phi) is 6.12. The molecule has 5 N–H and O–H groups in total. The number of nitrogens with zero attached hydrogens (tertiary/aromatic N) is 5. The lowest BCUT2D eigenvalue weighted by Crippen LogP contribution is -2.42. The summed E-state index contributed by atoms with van der Waals surface area (Å²) in [7, 11) is 0. The van der Waals surface area contributed by atoms with Crippen LogP contribution in [0.3, 0.4) is 0 Å². The largest absolute Gasteiger partial charge is 0.489 e. The molecule has 0 radical (unpaired) electrons. The Morgan fingerprint density at radius 2 is 1.94 bits per heavy atom. The molecule has 1 aliphatic heterocycles. The molecular formula is C23H25BrN8O. The minimum absolute atomic E-state index is 0.370. The number of hydrogen-bond acceptors (Lipinski definition) is 8. The van der Waals surface area contributed by atoms with Gasteiger partial charge in [0.25, 0.3) is 0 Å². The van der Waals surface area contributed by atoms with Gasteiger partial charge in [-0.15, -0.1) is 0 Å². The molecule has 0 spiro atoms. The monoisotopic (exact) mass is 508 g/mol. The number of rotatable bonds is 6. The average Bonchev–Trinajstić information content (AvgIpc) is 3.18. The van der Waals surface area contributed by atoms with Gasteiger partial charge in [0, 0.05) is 66.9 Å². The Labute approximate surface area is 199 Å². The van der Waals surface area contributed by atoms with Gasteiger partial charge in [-0.3, -0.25) is 14.5 Å². The Morgan fingerprint density at radius 1 is 1.09 bits per heavy atom. The number of nitrogens with two attached hydrogens (primary N) is 2. The number of benzene rings is 1. The Morgan fingerprint density at radius 3 is 2.76 bits per heavy atom. The predicted octanol–water partition coefficient (Wildman–Crippen LogP) is 2.73. The van der Waals surface area contributed by atoms with E-state index in [2.05, 4.69) is 47.2 Å². The van der Waals surface area contributed by atoms with E-state index >= 15 is 0 Å². The van der Waals surface area contributed by atoms with Crippen LogP contribution >= 0.6 is 15.9 Å². The van der Waals surface area contributed by atoms with Gasteiger partial charge in [-0.05, 0) is 33.6 Å². The van der Waals surface area contributed by atoms with Gasteiger partial charge in [-0.25, -0.2) is 9.97 Å². The third-order valence-electron chi connectivity index (χ3n) is 5.75. The van der Waals surface area contributed by atoms with E-state index in [1.54, 1.807) is 12.4 Å². The molecule has 4 aromatic rings. The van der Waals surface area contributed by atoms with Gasteiger partial charge >= 0.3 is 0 Å². The van der Waals surface area contributed by atoms with Crippen LogP contribution in [0.4, 0.5) is 11.5 Å². The second-order valence-electron chi connectivity index (χ2n) is 8.03. The molecule has 9 nitrogen and oxygen atoms in total. The smallest absolute Gasteiger partial charge is 0.151 e. The Hall–Kier alpha value is -3.21. The lowest BCUT2D eigenvalue weighted by Gasteiger charge is -2.27. The molecule has 1 fully saturated rings. The molecule has 0 amide bonds. The van der Waals surface area contributed by atoms with E-state index in [0.717, 1.165) is 70.8 Å². The van der Waals surface area contributed by atoms with Gasteiger partial charge in [0.15, 0.2) is 5.65 Å². The third-order valence-corrected chi connectivity index (χ3v) is 6.35. The molecule has 5 rings (SSSR count). The van der Waals surface area contributed by atoms with E-state index < -0.39 is 0 Å². The van der Waals surface area contributed by atoms with Gasteiger partial charge < -0.3 is 21.5 Å². The second-order valence-corrected chi connectivity index (χ2v) is 8.89. The summed E-state index contributed by atoms with van der Waals surface area (Å²) in [6.45, 7) is 5.33. The number of halogens is 1. The standard InChI is InChI=1S/C23H25BrN8O/c24-19-12-32(23-21(19)22(26)29-14-30-23)17-7-15(9-28-10-17)13-33-18-2-1-16(20(25)8-18)11-31-5-3-27-4-6-31/h1-2,7-10,12,14,27H,3-6,11,13,25H2,(H2,26,29,30). The number of nitrogens with one attached hydrogen (secondary N) is 1. The molecule has 0 aliphatic carbocycles. The fraction of sp³-hybridized carbons (Fsp3) is 0.261. The van der Waals surface area contributed by atoms with Crippen molar-refractivity contribution in [3.8, 4) is 11.4 Å². The summed E-state index contributed by atoms with van der Waals surface area (Å²) in [6.07, 6.45) is 6.93. The number of aromatic nitrogens is 4. The molecule has 0 unspecified atom stereocenters. The zero-order chi connectivity index (χ0) is 22.8. The first kappa shape index (κ1) is 21.6. The van der Waals surface area contributed by atoms with Crippen LogP contribution in [-0.2, 0) is 13.2 Å². The van der Waals surface area contributed by atoms with Crippen LogP contribution in [0.2, 0.25) is 0 Å². The average molecular weight is 509 g/mol. The number of nitrogen functional groups attached to an aromatic ring is 2. The van der Waals surface area contributed by atoms with Gasteiger partial charge in [-0.2, -0.15) is 0 Å². The van der Waals surface area contributed by atoms with Gasteiger partial charge in [-0.1, -0.05) is 6.07 Å². The maximum Gasteiger partial charge on any atom is 0.151 e. The summed E-state index contributed by atoms with van der Waals surface area (Å²) in [4.78, 5) is 15.2. The zero-order valence-electron chi connectivity index (χ0n) is 18.0. The van der Waals surface area contributed by atoms with Crippen molar-refractivity contribution in [1.29, 1.82) is 0 Å². The van der Waals surface area contributed by atoms with Crippen molar-refractivity contribution in [2.75, 3.05) is 37.6 Å². The number of piperazine rings is 1. The van der Waals surface area contributed by atoms with Crippen LogP contribution in [0.15, 0.2) is 53.7 Å². The highest BCUT2D eigenvalue weighted by atomic mass is 79.9. The quantitative estimate of drug-likeness (QED) is 0.340. The molecule has 10 heteroatoms. The van der Waals surface area contributed by atoms with Crippen molar-refractivity contribution in [1.82, 2.24) is 29.7 Å². The minimum Gasteiger partial charge on any atom is -0.489 e. The zero-order valence-corrected chi connectivity index (χ0v) is 19.6.